The van der Waals surface area contributed by atoms with Gasteiger partial charge in [-0.25, -0.2) is 4.79 Å². The van der Waals surface area contributed by atoms with Crippen LogP contribution in [0.5, 0.6) is 5.75 Å². The molecule has 2 fully saturated rings. The number of fused-ring (bicyclic) bond motifs is 1. The van der Waals surface area contributed by atoms with Crippen LogP contribution in [0.4, 0.5) is 4.79 Å². The van der Waals surface area contributed by atoms with Gasteiger partial charge in [0, 0.05) is 38.3 Å². The fraction of sp³-hybridized carbons (Fsp3) is 0.611. The van der Waals surface area contributed by atoms with E-state index in [4.69, 9.17) is 4.74 Å². The van der Waals surface area contributed by atoms with E-state index in [1.165, 1.54) is 17.5 Å². The third-order valence-corrected chi connectivity index (χ3v) is 5.35. The second kappa shape index (κ2) is 6.04. The first-order chi connectivity index (χ1) is 11.2. The molecule has 1 unspecified atom stereocenters. The van der Waals surface area contributed by atoms with E-state index < -0.39 is 0 Å². The number of hydrogen-bond donors (Lipinski definition) is 1. The fourth-order valence-electron chi connectivity index (χ4n) is 3.80. The van der Waals surface area contributed by atoms with Gasteiger partial charge in [0.2, 0.25) is 0 Å². The van der Waals surface area contributed by atoms with Crippen LogP contribution in [0.25, 0.3) is 0 Å². The molecule has 5 heteroatoms. The number of rotatable bonds is 3. The summed E-state index contributed by atoms with van der Waals surface area (Å²) in [7, 11) is 1.73. The van der Waals surface area contributed by atoms with Crippen LogP contribution in [-0.4, -0.2) is 55.2 Å². The lowest BCUT2D eigenvalue weighted by Gasteiger charge is -2.38. The Hall–Kier alpha value is -1.75. The van der Waals surface area contributed by atoms with Crippen molar-refractivity contribution in [1.82, 2.24) is 15.1 Å². The number of aryl methyl sites for hydroxylation is 1. The first-order valence-corrected chi connectivity index (χ1v) is 8.71. The van der Waals surface area contributed by atoms with E-state index in [1.807, 2.05) is 4.90 Å². The third-order valence-electron chi connectivity index (χ3n) is 5.35. The maximum Gasteiger partial charge on any atom is 0.317 e. The topological polar surface area (TPSA) is 44.8 Å². The summed E-state index contributed by atoms with van der Waals surface area (Å²) in [5.74, 6) is 0.943. The Morgan fingerprint density at radius 3 is 2.65 bits per heavy atom. The minimum atomic E-state index is 0.126. The van der Waals surface area contributed by atoms with Crippen molar-refractivity contribution in [3.05, 3.63) is 29.3 Å². The molecule has 1 heterocycles. The van der Waals surface area contributed by atoms with Crippen molar-refractivity contribution in [2.75, 3.05) is 33.3 Å². The third kappa shape index (κ3) is 3.02. The maximum absolute atomic E-state index is 12.1. The van der Waals surface area contributed by atoms with E-state index in [2.05, 4.69) is 28.4 Å². The lowest BCUT2D eigenvalue weighted by Crippen LogP contribution is -2.52. The zero-order valence-corrected chi connectivity index (χ0v) is 13.8. The highest BCUT2D eigenvalue weighted by Gasteiger charge is 2.32. The van der Waals surface area contributed by atoms with Crippen molar-refractivity contribution in [2.45, 2.75) is 37.8 Å². The Morgan fingerprint density at radius 1 is 1.17 bits per heavy atom. The smallest absolute Gasteiger partial charge is 0.317 e. The number of piperazine rings is 1. The average Bonchev–Trinajstić information content (AvgIpc) is 3.30. The van der Waals surface area contributed by atoms with Crippen molar-refractivity contribution in [2.24, 2.45) is 0 Å². The summed E-state index contributed by atoms with van der Waals surface area (Å²) in [4.78, 5) is 16.6. The molecule has 1 saturated carbocycles. The van der Waals surface area contributed by atoms with E-state index in [1.54, 1.807) is 7.11 Å². The van der Waals surface area contributed by atoms with Gasteiger partial charge in [0.05, 0.1) is 7.11 Å². The number of urea groups is 1. The van der Waals surface area contributed by atoms with Crippen LogP contribution in [0.2, 0.25) is 0 Å². The highest BCUT2D eigenvalue weighted by Crippen LogP contribution is 2.38. The van der Waals surface area contributed by atoms with E-state index in [0.717, 1.165) is 51.2 Å². The molecule has 1 atom stereocenters. The summed E-state index contributed by atoms with van der Waals surface area (Å²) in [6, 6.07) is 7.50. The largest absolute Gasteiger partial charge is 0.497 e. The molecule has 0 bridgehead atoms. The molecule has 124 valence electrons. The molecule has 1 N–H and O–H groups in total. The highest BCUT2D eigenvalue weighted by atomic mass is 16.5. The van der Waals surface area contributed by atoms with Gasteiger partial charge in [0.1, 0.15) is 5.75 Å². The standard InChI is InChI=1S/C18H25N3O2/c1-23-15-6-2-13-3-7-17(16(13)12-15)20-8-10-21(11-9-20)18(22)19-14-4-5-14/h2,6,12,14,17H,3-5,7-11H2,1H3,(H,19,22). The first kappa shape index (κ1) is 14.8. The van der Waals surface area contributed by atoms with Gasteiger partial charge in [-0.3, -0.25) is 4.90 Å². The lowest BCUT2D eigenvalue weighted by atomic mass is 10.1. The van der Waals surface area contributed by atoms with Gasteiger partial charge >= 0.3 is 6.03 Å². The Morgan fingerprint density at radius 2 is 1.96 bits per heavy atom. The van der Waals surface area contributed by atoms with Gasteiger partial charge in [-0.2, -0.15) is 0 Å². The van der Waals surface area contributed by atoms with E-state index in [-0.39, 0.29) is 6.03 Å². The van der Waals surface area contributed by atoms with Crippen LogP contribution in [0.1, 0.15) is 36.4 Å². The van der Waals surface area contributed by atoms with Gasteiger partial charge in [-0.15, -0.1) is 0 Å². The molecule has 5 nitrogen and oxygen atoms in total. The van der Waals surface area contributed by atoms with E-state index in [0.29, 0.717) is 12.1 Å². The molecule has 0 spiro atoms. The molecular formula is C18H25N3O2. The molecule has 1 aromatic carbocycles. The molecule has 0 aromatic heterocycles. The number of methoxy groups -OCH3 is 1. The molecule has 1 aliphatic heterocycles. The molecule has 3 aliphatic rings. The molecule has 23 heavy (non-hydrogen) atoms. The van der Waals surface area contributed by atoms with Crippen LogP contribution < -0.4 is 10.1 Å². The number of benzene rings is 1. The predicted molar refractivity (Wildman–Crippen MR) is 88.8 cm³/mol. The molecule has 0 radical (unpaired) electrons. The maximum atomic E-state index is 12.1. The minimum Gasteiger partial charge on any atom is -0.497 e. The number of hydrogen-bond acceptors (Lipinski definition) is 3. The van der Waals surface area contributed by atoms with Crippen LogP contribution in [0.15, 0.2) is 18.2 Å². The van der Waals surface area contributed by atoms with Crippen LogP contribution in [-0.2, 0) is 6.42 Å². The normalized spacial score (nSPS) is 24.4. The number of nitrogens with one attached hydrogen (secondary N) is 1. The van der Waals surface area contributed by atoms with E-state index >= 15 is 0 Å². The van der Waals surface area contributed by atoms with Gasteiger partial charge in [-0.1, -0.05) is 6.07 Å². The summed E-state index contributed by atoms with van der Waals surface area (Å²) < 4.78 is 5.39. The zero-order chi connectivity index (χ0) is 15.8. The van der Waals surface area contributed by atoms with Crippen LogP contribution >= 0.6 is 0 Å². The van der Waals surface area contributed by atoms with Gasteiger partial charge < -0.3 is 15.0 Å². The van der Waals surface area contributed by atoms with Crippen molar-refractivity contribution < 1.29 is 9.53 Å². The molecule has 1 saturated heterocycles. The Bertz CT molecular complexity index is 592. The van der Waals surface area contributed by atoms with Crippen molar-refractivity contribution in [1.29, 1.82) is 0 Å². The number of ether oxygens (including phenoxy) is 1. The summed E-state index contributed by atoms with van der Waals surface area (Å²) in [6.07, 6.45) is 4.61. The summed E-state index contributed by atoms with van der Waals surface area (Å²) in [5.41, 5.74) is 2.87. The van der Waals surface area contributed by atoms with Crippen molar-refractivity contribution >= 4 is 6.03 Å². The number of carbonyl (C=O) groups is 1. The Balaban J connectivity index is 1.39. The van der Waals surface area contributed by atoms with Crippen LogP contribution in [0.3, 0.4) is 0 Å². The predicted octanol–water partition coefficient (Wildman–Crippen LogP) is 2.17. The number of amides is 2. The fourth-order valence-corrected chi connectivity index (χ4v) is 3.80. The molecule has 2 aliphatic carbocycles. The van der Waals surface area contributed by atoms with Gasteiger partial charge in [0.25, 0.3) is 0 Å². The first-order valence-electron chi connectivity index (χ1n) is 8.71. The molecular weight excluding hydrogens is 290 g/mol. The average molecular weight is 315 g/mol. The van der Waals surface area contributed by atoms with Crippen LogP contribution in [0, 0.1) is 0 Å². The van der Waals surface area contributed by atoms with E-state index in [9.17, 15) is 4.79 Å². The quantitative estimate of drug-likeness (QED) is 0.930. The summed E-state index contributed by atoms with van der Waals surface area (Å²) in [5, 5.41) is 3.09. The lowest BCUT2D eigenvalue weighted by molar-refractivity contribution is 0.108. The zero-order valence-electron chi connectivity index (χ0n) is 13.8. The molecule has 4 rings (SSSR count). The SMILES string of the molecule is COc1ccc2c(c1)C(N1CCN(C(=O)NC3CC3)CC1)CC2. The highest BCUT2D eigenvalue weighted by molar-refractivity contribution is 5.75. The summed E-state index contributed by atoms with van der Waals surface area (Å²) in [6.45, 7) is 3.57. The van der Waals surface area contributed by atoms with Gasteiger partial charge in [0.15, 0.2) is 0 Å². The number of carbonyl (C=O) groups excluding carboxylic acids is 1. The Labute approximate surface area is 137 Å². The summed E-state index contributed by atoms with van der Waals surface area (Å²) >= 11 is 0. The second-order valence-corrected chi connectivity index (χ2v) is 6.87. The Kier molecular flexibility index (Phi) is 3.89. The molecule has 1 aromatic rings. The molecule has 2 amide bonds. The number of nitrogens with zero attached hydrogens (tertiary/aromatic N) is 2. The second-order valence-electron chi connectivity index (χ2n) is 6.87. The minimum absolute atomic E-state index is 0.126. The van der Waals surface area contributed by atoms with Crippen molar-refractivity contribution in [3.8, 4) is 5.75 Å². The monoisotopic (exact) mass is 315 g/mol. The van der Waals surface area contributed by atoms with Gasteiger partial charge in [-0.05, 0) is 48.9 Å². The van der Waals surface area contributed by atoms with Crippen molar-refractivity contribution in [3.63, 3.8) is 0 Å².